The molecule has 6 rings (SSSR count). The summed E-state index contributed by atoms with van der Waals surface area (Å²) in [6.45, 7) is 1.02. The molecule has 2 atom stereocenters. The zero-order valence-electron chi connectivity index (χ0n) is 14.9. The molecular weight excluding hydrogens is 332 g/mol. The quantitative estimate of drug-likeness (QED) is 0.525. The summed E-state index contributed by atoms with van der Waals surface area (Å²) in [5, 5.41) is 5.13. The third-order valence-corrected chi connectivity index (χ3v) is 5.97. The zero-order valence-corrected chi connectivity index (χ0v) is 14.9. The Morgan fingerprint density at radius 2 is 1.74 bits per heavy atom. The highest BCUT2D eigenvalue weighted by Gasteiger charge is 2.40. The molecule has 2 aliphatic rings. The normalized spacial score (nSPS) is 21.2. The molecule has 0 saturated heterocycles. The number of anilines is 1. The lowest BCUT2D eigenvalue weighted by Crippen LogP contribution is -2.45. The van der Waals surface area contributed by atoms with Crippen molar-refractivity contribution in [1.29, 1.82) is 0 Å². The summed E-state index contributed by atoms with van der Waals surface area (Å²) < 4.78 is 0. The Morgan fingerprint density at radius 3 is 2.67 bits per heavy atom. The van der Waals surface area contributed by atoms with Crippen LogP contribution in [-0.2, 0) is 6.42 Å². The van der Waals surface area contributed by atoms with Gasteiger partial charge in [0.25, 0.3) is 0 Å². The smallest absolute Gasteiger partial charge is 0.107 e. The number of nitrogens with one attached hydrogen (secondary N) is 2. The fraction of sp³-hybridized carbons (Fsp3) is 0.174. The molecule has 4 nitrogen and oxygen atoms in total. The van der Waals surface area contributed by atoms with Crippen LogP contribution >= 0.6 is 0 Å². The summed E-state index contributed by atoms with van der Waals surface area (Å²) >= 11 is 0. The number of nitrogens with zero attached hydrogens (tertiary/aromatic N) is 2. The van der Waals surface area contributed by atoms with E-state index >= 15 is 0 Å². The SMILES string of the molecule is c1ccc2c(c1)N[C@@H](c1ccncc1)N1CCc3c([nH]c4ccccc34)[C@@H]21. The second-order valence-corrected chi connectivity index (χ2v) is 7.37. The van der Waals surface area contributed by atoms with E-state index in [-0.39, 0.29) is 12.2 Å². The van der Waals surface area contributed by atoms with Gasteiger partial charge in [0, 0.05) is 41.2 Å². The molecule has 0 unspecified atom stereocenters. The van der Waals surface area contributed by atoms with Gasteiger partial charge in [0.15, 0.2) is 0 Å². The molecular formula is C23H20N4. The van der Waals surface area contributed by atoms with Crippen LogP contribution in [0.15, 0.2) is 73.1 Å². The Balaban J connectivity index is 1.58. The van der Waals surface area contributed by atoms with Crippen molar-refractivity contribution in [2.24, 2.45) is 0 Å². The van der Waals surface area contributed by atoms with Crippen LogP contribution < -0.4 is 5.32 Å². The third kappa shape index (κ3) is 2.17. The van der Waals surface area contributed by atoms with Gasteiger partial charge in [-0.2, -0.15) is 0 Å². The fourth-order valence-electron chi connectivity index (χ4n) is 4.79. The van der Waals surface area contributed by atoms with E-state index in [1.54, 1.807) is 0 Å². The number of rotatable bonds is 1. The number of fused-ring (bicyclic) bond motifs is 7. The standard InChI is InChI=1S/C23H20N4/c1-3-7-19-16(5-1)17-11-14-27-22(21(17)25-19)18-6-2-4-8-20(18)26-23(27)15-9-12-24-13-10-15/h1-10,12-13,22-23,25-26H,11,14H2/t22-,23-/m1/s1. The van der Waals surface area contributed by atoms with Gasteiger partial charge in [0.05, 0.1) is 6.04 Å². The van der Waals surface area contributed by atoms with E-state index in [4.69, 9.17) is 0 Å². The van der Waals surface area contributed by atoms with Crippen LogP contribution in [0.5, 0.6) is 0 Å². The van der Waals surface area contributed by atoms with Crippen LogP contribution in [0.1, 0.15) is 34.6 Å². The van der Waals surface area contributed by atoms with Gasteiger partial charge in [0.1, 0.15) is 6.17 Å². The number of para-hydroxylation sites is 2. The van der Waals surface area contributed by atoms with Gasteiger partial charge in [0.2, 0.25) is 0 Å². The van der Waals surface area contributed by atoms with Crippen LogP contribution in [-0.4, -0.2) is 21.4 Å². The average Bonchev–Trinajstić information content (AvgIpc) is 3.12. The number of hydrogen-bond donors (Lipinski definition) is 2. The van der Waals surface area contributed by atoms with Crippen molar-refractivity contribution in [1.82, 2.24) is 14.9 Å². The Morgan fingerprint density at radius 1 is 0.926 bits per heavy atom. The first kappa shape index (κ1) is 15.0. The van der Waals surface area contributed by atoms with Crippen LogP contribution in [0.3, 0.4) is 0 Å². The third-order valence-electron chi connectivity index (χ3n) is 5.97. The maximum atomic E-state index is 4.20. The molecule has 2 aromatic carbocycles. The van der Waals surface area contributed by atoms with Gasteiger partial charge in [-0.15, -0.1) is 0 Å². The summed E-state index contributed by atoms with van der Waals surface area (Å²) in [6.07, 6.45) is 4.96. The molecule has 0 saturated carbocycles. The summed E-state index contributed by atoms with van der Waals surface area (Å²) in [5.74, 6) is 0. The van der Waals surface area contributed by atoms with Crippen LogP contribution in [0.25, 0.3) is 10.9 Å². The molecule has 2 aliphatic heterocycles. The second-order valence-electron chi connectivity index (χ2n) is 7.37. The fourth-order valence-corrected chi connectivity index (χ4v) is 4.79. The monoisotopic (exact) mass is 352 g/mol. The average molecular weight is 352 g/mol. The van der Waals surface area contributed by atoms with E-state index in [9.17, 15) is 0 Å². The Kier molecular flexibility index (Phi) is 3.16. The molecule has 0 spiro atoms. The van der Waals surface area contributed by atoms with Crippen molar-refractivity contribution >= 4 is 16.6 Å². The zero-order chi connectivity index (χ0) is 17.8. The van der Waals surface area contributed by atoms with Crippen molar-refractivity contribution in [3.05, 3.63) is 95.4 Å². The number of benzene rings is 2. The lowest BCUT2D eigenvalue weighted by atomic mass is 9.88. The summed E-state index contributed by atoms with van der Waals surface area (Å²) in [7, 11) is 0. The molecule has 132 valence electrons. The number of H-pyrrole nitrogens is 1. The largest absolute Gasteiger partial charge is 0.366 e. The van der Waals surface area contributed by atoms with E-state index in [1.807, 2.05) is 12.4 Å². The highest BCUT2D eigenvalue weighted by molar-refractivity contribution is 5.85. The Labute approximate surface area is 157 Å². The van der Waals surface area contributed by atoms with E-state index in [0.29, 0.717) is 0 Å². The molecule has 0 radical (unpaired) electrons. The summed E-state index contributed by atoms with van der Waals surface area (Å²) in [5.41, 5.74) is 7.86. The first-order chi connectivity index (χ1) is 13.4. The minimum atomic E-state index is 0.146. The predicted octanol–water partition coefficient (Wildman–Crippen LogP) is 4.63. The van der Waals surface area contributed by atoms with Crippen molar-refractivity contribution in [3.63, 3.8) is 0 Å². The Hall–Kier alpha value is -3.11. The number of hydrogen-bond acceptors (Lipinski definition) is 3. The van der Waals surface area contributed by atoms with Gasteiger partial charge in [-0.3, -0.25) is 9.88 Å². The summed E-state index contributed by atoms with van der Waals surface area (Å²) in [4.78, 5) is 10.5. The molecule has 4 heteroatoms. The number of aromatic amines is 1. The van der Waals surface area contributed by atoms with Gasteiger partial charge >= 0.3 is 0 Å². The molecule has 2 aromatic heterocycles. The minimum absolute atomic E-state index is 0.146. The minimum Gasteiger partial charge on any atom is -0.366 e. The van der Waals surface area contributed by atoms with E-state index in [0.717, 1.165) is 13.0 Å². The van der Waals surface area contributed by atoms with Gasteiger partial charge < -0.3 is 10.3 Å². The van der Waals surface area contributed by atoms with Gasteiger partial charge in [-0.05, 0) is 47.4 Å². The van der Waals surface area contributed by atoms with E-state index in [1.165, 1.54) is 39.0 Å². The molecule has 2 N–H and O–H groups in total. The van der Waals surface area contributed by atoms with Gasteiger partial charge in [-0.25, -0.2) is 0 Å². The topological polar surface area (TPSA) is 44.0 Å². The first-order valence-corrected chi connectivity index (χ1v) is 9.51. The Bertz CT molecular complexity index is 1130. The number of aromatic nitrogens is 2. The highest BCUT2D eigenvalue weighted by Crippen LogP contribution is 2.47. The van der Waals surface area contributed by atoms with Crippen LogP contribution in [0, 0.1) is 0 Å². The summed E-state index contributed by atoms with van der Waals surface area (Å²) in [6, 6.07) is 21.8. The van der Waals surface area contributed by atoms with Gasteiger partial charge in [-0.1, -0.05) is 36.4 Å². The van der Waals surface area contributed by atoms with Crippen LogP contribution in [0.4, 0.5) is 5.69 Å². The molecule has 0 fully saturated rings. The van der Waals surface area contributed by atoms with Crippen LogP contribution in [0.2, 0.25) is 0 Å². The molecule has 0 bridgehead atoms. The van der Waals surface area contributed by atoms with E-state index in [2.05, 4.69) is 80.8 Å². The molecule has 4 aromatic rings. The van der Waals surface area contributed by atoms with Crippen molar-refractivity contribution < 1.29 is 0 Å². The first-order valence-electron chi connectivity index (χ1n) is 9.51. The maximum Gasteiger partial charge on any atom is 0.107 e. The maximum absolute atomic E-state index is 4.20. The van der Waals surface area contributed by atoms with Crippen molar-refractivity contribution in [2.75, 3.05) is 11.9 Å². The second kappa shape index (κ2) is 5.69. The van der Waals surface area contributed by atoms with Crippen molar-refractivity contribution in [2.45, 2.75) is 18.6 Å². The molecule has 27 heavy (non-hydrogen) atoms. The number of pyridine rings is 1. The highest BCUT2D eigenvalue weighted by atomic mass is 15.3. The molecule has 0 amide bonds. The predicted molar refractivity (Wildman–Crippen MR) is 108 cm³/mol. The molecule has 4 heterocycles. The van der Waals surface area contributed by atoms with E-state index < -0.39 is 0 Å². The lowest BCUT2D eigenvalue weighted by molar-refractivity contribution is 0.151. The molecule has 0 aliphatic carbocycles. The lowest BCUT2D eigenvalue weighted by Gasteiger charge is -2.46. The van der Waals surface area contributed by atoms with Crippen molar-refractivity contribution in [3.8, 4) is 0 Å².